The summed E-state index contributed by atoms with van der Waals surface area (Å²) in [4.78, 5) is 47.8. The number of nitrogens with zero attached hydrogens (tertiary/aromatic N) is 1. The number of imidazole rings is 1. The average molecular weight is 754 g/mol. The van der Waals surface area contributed by atoms with Crippen molar-refractivity contribution in [2.45, 2.75) is 150 Å². The number of carbonyl (C=O) groups is 3. The van der Waals surface area contributed by atoms with Crippen molar-refractivity contribution in [2.24, 2.45) is 56.7 Å². The number of H-pyrrole nitrogens is 1. The van der Waals surface area contributed by atoms with Crippen LogP contribution in [0.1, 0.15) is 144 Å². The van der Waals surface area contributed by atoms with E-state index < -0.39 is 17.4 Å². The van der Waals surface area contributed by atoms with Gasteiger partial charge in [-0.3, -0.25) is 14.4 Å². The number of nitrogens with one attached hydrogen (secondary N) is 2. The third-order valence-electron chi connectivity index (χ3n) is 16.6. The molecule has 8 heteroatoms. The van der Waals surface area contributed by atoms with E-state index in [2.05, 4.69) is 56.7 Å². The van der Waals surface area contributed by atoms with Gasteiger partial charge in [0.15, 0.2) is 0 Å². The molecule has 1 heterocycles. The number of carbonyl (C=O) groups excluding carboxylic acids is 2. The van der Waals surface area contributed by atoms with Gasteiger partial charge in [-0.15, -0.1) is 6.58 Å². The number of amides is 1. The van der Waals surface area contributed by atoms with Crippen LogP contribution < -0.4 is 5.32 Å². The lowest BCUT2D eigenvalue weighted by molar-refractivity contribution is -0.222. The van der Waals surface area contributed by atoms with E-state index in [4.69, 9.17) is 9.72 Å². The third-order valence-corrected chi connectivity index (χ3v) is 16.6. The molecule has 0 aliphatic heterocycles. The van der Waals surface area contributed by atoms with Crippen LogP contribution in [0.4, 0.5) is 0 Å². The van der Waals surface area contributed by atoms with E-state index in [0.717, 1.165) is 74.9 Å². The number of hydrogen-bond donors (Lipinski definition) is 3. The molecule has 0 saturated heterocycles. The highest BCUT2D eigenvalue weighted by Crippen LogP contribution is 2.73. The zero-order chi connectivity index (χ0) is 39.6. The zero-order valence-corrected chi connectivity index (χ0v) is 34.6. The fourth-order valence-electron chi connectivity index (χ4n) is 13.6. The van der Waals surface area contributed by atoms with Gasteiger partial charge in [0.2, 0.25) is 5.91 Å². The summed E-state index contributed by atoms with van der Waals surface area (Å²) in [6.45, 7) is 18.2. The number of hydrogen-bond acceptors (Lipinski definition) is 5. The summed E-state index contributed by atoms with van der Waals surface area (Å²) in [6.07, 6.45) is 17.3. The quantitative estimate of drug-likeness (QED) is 0.182. The molecule has 0 spiro atoms. The minimum atomic E-state index is -1.14. The second kappa shape index (κ2) is 14.2. The van der Waals surface area contributed by atoms with Crippen LogP contribution in [-0.2, 0) is 24.7 Å². The summed E-state index contributed by atoms with van der Waals surface area (Å²) in [5, 5.41) is 13.2. The number of allylic oxidation sites excluding steroid dienone is 1. The van der Waals surface area contributed by atoms with Crippen LogP contribution in [0.15, 0.2) is 49.2 Å². The number of fused-ring (bicyclic) bond motifs is 7. The predicted molar refractivity (Wildman–Crippen MR) is 216 cm³/mol. The highest BCUT2D eigenvalue weighted by molar-refractivity contribution is 5.85. The number of aromatic nitrogens is 2. The molecule has 6 aliphatic carbocycles. The number of aromatic amines is 1. The Bertz CT molecular complexity index is 1780. The van der Waals surface area contributed by atoms with Crippen molar-refractivity contribution in [1.82, 2.24) is 15.3 Å². The molecule has 1 aromatic heterocycles. The van der Waals surface area contributed by atoms with E-state index in [1.165, 1.54) is 25.7 Å². The van der Waals surface area contributed by atoms with Crippen molar-refractivity contribution in [2.75, 3.05) is 0 Å². The van der Waals surface area contributed by atoms with Gasteiger partial charge < -0.3 is 20.1 Å². The maximum absolute atomic E-state index is 14.7. The number of benzene rings is 1. The van der Waals surface area contributed by atoms with E-state index in [1.54, 1.807) is 19.9 Å². The van der Waals surface area contributed by atoms with Crippen LogP contribution in [0.3, 0.4) is 0 Å². The third kappa shape index (κ3) is 6.59. The van der Waals surface area contributed by atoms with Gasteiger partial charge in [0, 0.05) is 5.41 Å². The molecule has 8 rings (SSSR count). The first-order chi connectivity index (χ1) is 26.0. The Morgan fingerprint density at radius 1 is 0.909 bits per heavy atom. The molecule has 3 N–H and O–H groups in total. The fourth-order valence-corrected chi connectivity index (χ4v) is 13.6. The first kappa shape index (κ1) is 39.8. The van der Waals surface area contributed by atoms with Crippen molar-refractivity contribution < 1.29 is 24.2 Å². The Morgan fingerprint density at radius 2 is 1.60 bits per heavy atom. The minimum Gasteiger partial charge on any atom is -0.481 e. The van der Waals surface area contributed by atoms with E-state index in [1.807, 2.05) is 31.3 Å². The Balaban J connectivity index is 0.00000150. The maximum atomic E-state index is 14.7. The Labute approximate surface area is 329 Å². The van der Waals surface area contributed by atoms with Crippen molar-refractivity contribution in [1.29, 1.82) is 0 Å². The van der Waals surface area contributed by atoms with Gasteiger partial charge in [-0.05, 0) is 144 Å². The van der Waals surface area contributed by atoms with Crippen LogP contribution in [0.2, 0.25) is 0 Å². The molecule has 6 aliphatic rings. The molecule has 300 valence electrons. The van der Waals surface area contributed by atoms with Gasteiger partial charge in [-0.2, -0.15) is 0 Å². The van der Waals surface area contributed by atoms with Crippen LogP contribution in [0.5, 0.6) is 0 Å². The fraction of sp³-hybridized carbons (Fsp3) is 0.702. The second-order valence-corrected chi connectivity index (χ2v) is 20.4. The van der Waals surface area contributed by atoms with E-state index in [0.29, 0.717) is 29.6 Å². The van der Waals surface area contributed by atoms with Gasteiger partial charge in [-0.1, -0.05) is 70.5 Å². The number of esters is 1. The molecule has 9 atom stereocenters. The van der Waals surface area contributed by atoms with Gasteiger partial charge >= 0.3 is 11.9 Å². The molecule has 0 radical (unpaired) electrons. The van der Waals surface area contributed by atoms with Crippen LogP contribution >= 0.6 is 0 Å². The van der Waals surface area contributed by atoms with Gasteiger partial charge in [0.1, 0.15) is 11.9 Å². The predicted octanol–water partition coefficient (Wildman–Crippen LogP) is 10.3. The molecule has 9 unspecified atom stereocenters. The summed E-state index contributed by atoms with van der Waals surface area (Å²) in [5.41, 5.74) is 0.546. The summed E-state index contributed by atoms with van der Waals surface area (Å²) in [6, 6.07) is 10.3. The Kier molecular flexibility index (Phi) is 10.3. The number of ether oxygens (including phenoxy) is 1. The van der Waals surface area contributed by atoms with E-state index in [9.17, 15) is 19.5 Å². The number of carboxylic acid groups (broad SMARTS) is 1. The lowest BCUT2D eigenvalue weighted by Gasteiger charge is -2.69. The molecule has 1 amide bonds. The number of carboxylic acids is 1. The lowest BCUT2D eigenvalue weighted by Crippen LogP contribution is -2.64. The lowest BCUT2D eigenvalue weighted by atomic mass is 9.36. The highest BCUT2D eigenvalue weighted by atomic mass is 16.5. The molecular weight excluding hydrogens is 687 g/mol. The molecule has 2 aromatic rings. The van der Waals surface area contributed by atoms with Crippen molar-refractivity contribution in [3.63, 3.8) is 0 Å². The van der Waals surface area contributed by atoms with Gasteiger partial charge in [0.25, 0.3) is 0 Å². The topological polar surface area (TPSA) is 121 Å². The first-order valence-corrected chi connectivity index (χ1v) is 21.4. The second-order valence-electron chi connectivity index (χ2n) is 20.4. The SMILES string of the molecule is C=CC.CC(C)(CC(=O)OC1CCC2(C)C(CCC3(C)C4CCC5(C(=O)NC6(c7ncc(-c8ccccc8)[nH]7)CC6)CCCC5C4CCC32)C1(C)C)C(=O)O. The summed E-state index contributed by atoms with van der Waals surface area (Å²) in [5.74, 6) is 2.54. The summed E-state index contributed by atoms with van der Waals surface area (Å²) in [7, 11) is 0. The molecule has 0 bridgehead atoms. The highest BCUT2D eigenvalue weighted by Gasteiger charge is 2.68. The molecule has 8 nitrogen and oxygen atoms in total. The van der Waals surface area contributed by atoms with Crippen LogP contribution in [0, 0.1) is 56.7 Å². The maximum Gasteiger partial charge on any atom is 0.309 e. The molecule has 1 aromatic carbocycles. The van der Waals surface area contributed by atoms with Crippen LogP contribution in [-0.4, -0.2) is 39.0 Å². The zero-order valence-electron chi connectivity index (χ0n) is 34.6. The summed E-state index contributed by atoms with van der Waals surface area (Å²) >= 11 is 0. The van der Waals surface area contributed by atoms with Crippen molar-refractivity contribution >= 4 is 17.8 Å². The first-order valence-electron chi connectivity index (χ1n) is 21.4. The summed E-state index contributed by atoms with van der Waals surface area (Å²) < 4.78 is 6.16. The minimum absolute atomic E-state index is 0.111. The van der Waals surface area contributed by atoms with Gasteiger partial charge in [-0.25, -0.2) is 4.98 Å². The molecule has 6 saturated carbocycles. The van der Waals surface area contributed by atoms with Crippen molar-refractivity contribution in [3.05, 3.63) is 55.0 Å². The van der Waals surface area contributed by atoms with Crippen LogP contribution in [0.25, 0.3) is 11.3 Å². The van der Waals surface area contributed by atoms with E-state index >= 15 is 0 Å². The van der Waals surface area contributed by atoms with Gasteiger partial charge in [0.05, 0.1) is 34.7 Å². The standard InChI is InChI=1S/C44H61N3O5.C3H6/c1-39(2,38(50)51)25-35(48)52-34-18-21-42(6)32(40(34,3)4)17-20-41(5)29-16-22-43(19-10-13-30(43)28(29)14-15-33(41)42)37(49)47-44(23-24-44)36-45-26-31(46-36)27-11-8-7-9-12-27;1-3-2/h7-9,11-12,26,28-30,32-34H,10,13-25H2,1-6H3,(H,45,46)(H,47,49)(H,50,51);3H,1H2,2H3. The largest absolute Gasteiger partial charge is 0.481 e. The molecular formula is C47H67N3O5. The monoisotopic (exact) mass is 754 g/mol. The van der Waals surface area contributed by atoms with Crippen molar-refractivity contribution in [3.8, 4) is 11.3 Å². The van der Waals surface area contributed by atoms with E-state index in [-0.39, 0.29) is 45.6 Å². The Morgan fingerprint density at radius 3 is 2.27 bits per heavy atom. The molecule has 55 heavy (non-hydrogen) atoms. The number of aliphatic carboxylic acids is 1. The number of rotatable bonds is 8. The Hall–Kier alpha value is -3.42. The normalized spacial score (nSPS) is 36.6. The smallest absolute Gasteiger partial charge is 0.309 e. The molecule has 6 fully saturated rings. The average Bonchev–Trinajstić information content (AvgIpc) is 3.51.